The van der Waals surface area contributed by atoms with Crippen LogP contribution in [0.15, 0.2) is 40.8 Å². The first-order valence-corrected chi connectivity index (χ1v) is 10.2. The average Bonchev–Trinajstić information content (AvgIpc) is 3.18. The third-order valence-electron chi connectivity index (χ3n) is 6.68. The van der Waals surface area contributed by atoms with Crippen molar-refractivity contribution in [3.8, 4) is 11.8 Å². The summed E-state index contributed by atoms with van der Waals surface area (Å²) in [4.78, 5) is 12.1. The zero-order valence-corrected chi connectivity index (χ0v) is 17.4. The van der Waals surface area contributed by atoms with Crippen LogP contribution in [-0.4, -0.2) is 30.9 Å². The topological polar surface area (TPSA) is 85.0 Å². The van der Waals surface area contributed by atoms with Gasteiger partial charge >= 0.3 is 5.97 Å². The van der Waals surface area contributed by atoms with Crippen LogP contribution in [0.4, 0.5) is 0 Å². The number of ether oxygens (including phenoxy) is 3. The summed E-state index contributed by atoms with van der Waals surface area (Å²) in [5, 5.41) is 10.7. The van der Waals surface area contributed by atoms with Gasteiger partial charge in [-0.25, -0.2) is 4.79 Å². The SMILES string of the molecule is COC(=O)C1(Cl)OC12CCC(C#N)(c1ccc(OC)c3oc4ccccc4c13)CC2. The van der Waals surface area contributed by atoms with Gasteiger partial charge in [-0.1, -0.05) is 35.9 Å². The first kappa shape index (κ1) is 19.2. The standard InChI is InChI=1S/C23H20ClNO5/c1-27-17-8-7-15(18-14-5-3-4-6-16(14)29-19(17)18)21(13-25)9-11-22(12-10-21)23(24,30-22)20(26)28-2/h3-8H,9-12H2,1-2H3. The maximum absolute atomic E-state index is 12.1. The van der Waals surface area contributed by atoms with E-state index in [0.717, 1.165) is 21.9 Å². The number of para-hydroxylation sites is 1. The molecular weight excluding hydrogens is 406 g/mol. The third kappa shape index (κ3) is 2.36. The Bertz CT molecular complexity index is 1220. The summed E-state index contributed by atoms with van der Waals surface area (Å²) >= 11 is 6.40. The normalized spacial score (nSPS) is 30.3. The maximum atomic E-state index is 12.1. The van der Waals surface area contributed by atoms with Crippen LogP contribution in [0.2, 0.25) is 0 Å². The number of methoxy groups -OCH3 is 2. The second-order valence-corrected chi connectivity index (χ2v) is 8.53. The molecule has 3 aromatic rings. The summed E-state index contributed by atoms with van der Waals surface area (Å²) in [5.41, 5.74) is 0.762. The Kier molecular flexibility index (Phi) is 4.08. The molecule has 2 heterocycles. The van der Waals surface area contributed by atoms with Gasteiger partial charge in [-0.2, -0.15) is 5.26 Å². The van der Waals surface area contributed by atoms with Crippen LogP contribution in [-0.2, 0) is 19.7 Å². The minimum absolute atomic E-state index is 0.489. The summed E-state index contributed by atoms with van der Waals surface area (Å²) in [6.07, 6.45) is 2.00. The quantitative estimate of drug-likeness (QED) is 0.340. The van der Waals surface area contributed by atoms with E-state index < -0.39 is 22.0 Å². The lowest BCUT2D eigenvalue weighted by Crippen LogP contribution is -2.39. The number of rotatable bonds is 3. The highest BCUT2D eigenvalue weighted by atomic mass is 35.5. The molecule has 0 N–H and O–H groups in total. The zero-order chi connectivity index (χ0) is 21.1. The lowest BCUT2D eigenvalue weighted by atomic mass is 9.65. The molecule has 154 valence electrons. The van der Waals surface area contributed by atoms with Gasteiger partial charge < -0.3 is 18.6 Å². The fourth-order valence-electron chi connectivity index (χ4n) is 4.91. The molecule has 1 spiro atoms. The molecule has 0 amide bonds. The number of furan rings is 1. The summed E-state index contributed by atoms with van der Waals surface area (Å²) < 4.78 is 22.1. The minimum Gasteiger partial charge on any atom is -0.493 e. The first-order valence-electron chi connectivity index (χ1n) is 9.81. The van der Waals surface area contributed by atoms with Gasteiger partial charge in [0.2, 0.25) is 0 Å². The van der Waals surface area contributed by atoms with E-state index in [9.17, 15) is 10.1 Å². The number of epoxide rings is 1. The molecule has 5 rings (SSSR count). The van der Waals surface area contributed by atoms with E-state index in [-0.39, 0.29) is 0 Å². The average molecular weight is 426 g/mol. The van der Waals surface area contributed by atoms with Gasteiger partial charge in [-0.05, 0) is 43.4 Å². The van der Waals surface area contributed by atoms with Gasteiger partial charge in [-0.15, -0.1) is 0 Å². The van der Waals surface area contributed by atoms with Crippen molar-refractivity contribution in [1.82, 2.24) is 0 Å². The van der Waals surface area contributed by atoms with Crippen LogP contribution in [0.1, 0.15) is 31.2 Å². The number of halogens is 1. The van der Waals surface area contributed by atoms with Gasteiger partial charge in [0.1, 0.15) is 11.2 Å². The van der Waals surface area contributed by atoms with Crippen molar-refractivity contribution in [3.05, 3.63) is 42.0 Å². The molecule has 1 saturated heterocycles. The summed E-state index contributed by atoms with van der Waals surface area (Å²) in [5.74, 6) is 0.0441. The number of esters is 1. The molecule has 0 radical (unpaired) electrons. The largest absolute Gasteiger partial charge is 0.493 e. The molecule has 0 bridgehead atoms. The molecule has 6 nitrogen and oxygen atoms in total. The Balaban J connectivity index is 1.60. The summed E-state index contributed by atoms with van der Waals surface area (Å²) in [6.45, 7) is 0. The van der Waals surface area contributed by atoms with Crippen LogP contribution in [0, 0.1) is 11.3 Å². The minimum atomic E-state index is -1.44. The number of carbonyl (C=O) groups is 1. The first-order chi connectivity index (χ1) is 14.4. The van der Waals surface area contributed by atoms with Crippen LogP contribution in [0.5, 0.6) is 5.75 Å². The van der Waals surface area contributed by atoms with Crippen LogP contribution < -0.4 is 4.74 Å². The highest BCUT2D eigenvalue weighted by molar-refractivity contribution is 6.36. The Morgan fingerprint density at radius 2 is 1.87 bits per heavy atom. The zero-order valence-electron chi connectivity index (χ0n) is 16.7. The number of hydrogen-bond donors (Lipinski definition) is 0. The van der Waals surface area contributed by atoms with Gasteiger partial charge in [0.05, 0.1) is 25.7 Å². The predicted octanol–water partition coefficient (Wildman–Crippen LogP) is 4.81. The summed E-state index contributed by atoms with van der Waals surface area (Å²) in [6, 6.07) is 14.1. The second-order valence-electron chi connectivity index (χ2n) is 7.99. The van der Waals surface area contributed by atoms with Crippen molar-refractivity contribution in [3.63, 3.8) is 0 Å². The lowest BCUT2D eigenvalue weighted by Gasteiger charge is -2.35. The van der Waals surface area contributed by atoms with E-state index in [4.69, 9.17) is 30.2 Å². The molecule has 1 aliphatic heterocycles. The fraction of sp³-hybridized carbons (Fsp3) is 0.391. The number of carbonyl (C=O) groups excluding carboxylic acids is 1. The summed E-state index contributed by atoms with van der Waals surface area (Å²) in [7, 11) is 2.89. The number of fused-ring (bicyclic) bond motifs is 3. The number of alkyl halides is 1. The van der Waals surface area contributed by atoms with Crippen LogP contribution in [0.25, 0.3) is 21.9 Å². The van der Waals surface area contributed by atoms with E-state index in [1.165, 1.54) is 7.11 Å². The highest BCUT2D eigenvalue weighted by Gasteiger charge is 2.76. The number of hydrogen-bond acceptors (Lipinski definition) is 6. The molecular formula is C23H20ClNO5. The molecule has 2 aliphatic rings. The van der Waals surface area contributed by atoms with Gasteiger partial charge in [0, 0.05) is 10.8 Å². The van der Waals surface area contributed by atoms with Gasteiger partial charge in [0.15, 0.2) is 11.3 Å². The van der Waals surface area contributed by atoms with Crippen molar-refractivity contribution in [1.29, 1.82) is 5.26 Å². The van der Waals surface area contributed by atoms with Crippen molar-refractivity contribution >= 4 is 39.5 Å². The lowest BCUT2D eigenvalue weighted by molar-refractivity contribution is -0.143. The van der Waals surface area contributed by atoms with Crippen LogP contribution >= 0.6 is 11.6 Å². The van der Waals surface area contributed by atoms with E-state index >= 15 is 0 Å². The Morgan fingerprint density at radius 3 is 2.53 bits per heavy atom. The fourth-order valence-corrected chi connectivity index (χ4v) is 5.33. The van der Waals surface area contributed by atoms with Crippen molar-refractivity contribution in [2.75, 3.05) is 14.2 Å². The van der Waals surface area contributed by atoms with E-state index in [1.807, 2.05) is 36.4 Å². The molecule has 1 saturated carbocycles. The molecule has 1 atom stereocenters. The number of nitriles is 1. The van der Waals surface area contributed by atoms with E-state index in [1.54, 1.807) is 7.11 Å². The molecule has 1 aromatic heterocycles. The van der Waals surface area contributed by atoms with Crippen LogP contribution in [0.3, 0.4) is 0 Å². The smallest absolute Gasteiger partial charge is 0.357 e. The predicted molar refractivity (Wildman–Crippen MR) is 110 cm³/mol. The third-order valence-corrected chi connectivity index (χ3v) is 7.25. The number of nitrogens with zero attached hydrogens (tertiary/aromatic N) is 1. The Labute approximate surface area is 178 Å². The van der Waals surface area contributed by atoms with Crippen molar-refractivity contribution in [2.24, 2.45) is 0 Å². The van der Waals surface area contributed by atoms with Crippen molar-refractivity contribution in [2.45, 2.75) is 41.8 Å². The highest BCUT2D eigenvalue weighted by Crippen LogP contribution is 2.63. The molecule has 1 aliphatic carbocycles. The maximum Gasteiger partial charge on any atom is 0.357 e. The molecule has 30 heavy (non-hydrogen) atoms. The molecule has 2 aromatic carbocycles. The van der Waals surface area contributed by atoms with E-state index in [0.29, 0.717) is 37.0 Å². The molecule has 2 fully saturated rings. The number of benzene rings is 2. The second kappa shape index (κ2) is 6.37. The monoisotopic (exact) mass is 425 g/mol. The Hall–Kier alpha value is -2.75. The van der Waals surface area contributed by atoms with Gasteiger partial charge in [0.25, 0.3) is 5.06 Å². The molecule has 1 unspecified atom stereocenters. The van der Waals surface area contributed by atoms with Crippen molar-refractivity contribution < 1.29 is 23.4 Å². The van der Waals surface area contributed by atoms with Gasteiger partial charge in [-0.3, -0.25) is 0 Å². The molecule has 7 heteroatoms. The Morgan fingerprint density at radius 1 is 1.13 bits per heavy atom. The van der Waals surface area contributed by atoms with E-state index in [2.05, 4.69) is 6.07 Å².